The second-order valence-electron chi connectivity index (χ2n) is 7.80. The molecule has 12 heteroatoms. The van der Waals surface area contributed by atoms with Gasteiger partial charge in [0.25, 0.3) is 5.91 Å². The molecule has 2 amide bonds. The maximum Gasteiger partial charge on any atom is 0.419 e. The minimum absolute atomic E-state index is 0.0383. The molecule has 0 fully saturated rings. The molecule has 1 atom stereocenters. The minimum atomic E-state index is -5.22. The van der Waals surface area contributed by atoms with Crippen LogP contribution in [0.3, 0.4) is 0 Å². The van der Waals surface area contributed by atoms with Crippen molar-refractivity contribution in [2.45, 2.75) is 18.1 Å². The molecule has 35 heavy (non-hydrogen) atoms. The summed E-state index contributed by atoms with van der Waals surface area (Å²) in [6, 6.07) is 12.3. The van der Waals surface area contributed by atoms with E-state index in [1.54, 1.807) is 0 Å². The van der Waals surface area contributed by atoms with Gasteiger partial charge in [-0.3, -0.25) is 14.8 Å². The summed E-state index contributed by atoms with van der Waals surface area (Å²) in [7, 11) is 1.37. The second kappa shape index (κ2) is 9.12. The molecular formula is C23H19F3N4O5. The number of anilines is 1. The number of rotatable bonds is 6. The van der Waals surface area contributed by atoms with Gasteiger partial charge in [-0.2, -0.15) is 18.3 Å². The van der Waals surface area contributed by atoms with Gasteiger partial charge in [0.05, 0.1) is 0 Å². The summed E-state index contributed by atoms with van der Waals surface area (Å²) in [5.74, 6) is -4.27. The number of carbonyl (C=O) groups excluding carboxylic acids is 2. The molecule has 1 aliphatic carbocycles. The number of hydrogen-bond acceptors (Lipinski definition) is 5. The number of carboxylic acids is 1. The van der Waals surface area contributed by atoms with E-state index in [9.17, 15) is 27.6 Å². The highest BCUT2D eigenvalue weighted by Crippen LogP contribution is 2.44. The van der Waals surface area contributed by atoms with E-state index in [2.05, 4.69) is 10.4 Å². The maximum absolute atomic E-state index is 12.9. The molecular weight excluding hydrogens is 469 g/mol. The first kappa shape index (κ1) is 23.8. The van der Waals surface area contributed by atoms with Gasteiger partial charge < -0.3 is 15.2 Å². The monoisotopic (exact) mass is 488 g/mol. The predicted molar refractivity (Wildman–Crippen MR) is 117 cm³/mol. The van der Waals surface area contributed by atoms with Crippen molar-refractivity contribution >= 4 is 23.8 Å². The Morgan fingerprint density at radius 3 is 2.20 bits per heavy atom. The van der Waals surface area contributed by atoms with Crippen molar-refractivity contribution < 1.29 is 37.4 Å². The number of amides is 2. The first-order chi connectivity index (χ1) is 16.6. The number of aryl methyl sites for hydroxylation is 1. The van der Waals surface area contributed by atoms with Crippen LogP contribution in [0.2, 0.25) is 0 Å². The summed E-state index contributed by atoms with van der Waals surface area (Å²) in [4.78, 5) is 35.7. The fraction of sp³-hybridized carbons (Fsp3) is 0.217. The molecule has 3 N–H and O–H groups in total. The Bertz CT molecular complexity index is 1260. The van der Waals surface area contributed by atoms with E-state index in [1.165, 1.54) is 12.4 Å². The molecule has 0 radical (unpaired) electrons. The molecule has 182 valence electrons. The fourth-order valence-electron chi connectivity index (χ4n) is 3.97. The summed E-state index contributed by atoms with van der Waals surface area (Å²) in [5.41, 5.74) is 3.55. The third-order valence-corrected chi connectivity index (χ3v) is 5.49. The normalized spacial score (nSPS) is 13.5. The Labute approximate surface area is 196 Å². The molecule has 0 bridgehead atoms. The van der Waals surface area contributed by atoms with Gasteiger partial charge in [-0.25, -0.2) is 9.59 Å². The van der Waals surface area contributed by atoms with Crippen molar-refractivity contribution in [1.82, 2.24) is 15.1 Å². The van der Waals surface area contributed by atoms with Crippen molar-refractivity contribution in [2.24, 2.45) is 7.05 Å². The van der Waals surface area contributed by atoms with Gasteiger partial charge in [0, 0.05) is 19.2 Å². The smallest absolute Gasteiger partial charge is 0.419 e. The van der Waals surface area contributed by atoms with Crippen LogP contribution in [0.25, 0.3) is 11.1 Å². The van der Waals surface area contributed by atoms with Crippen LogP contribution in [0.1, 0.15) is 27.4 Å². The summed E-state index contributed by atoms with van der Waals surface area (Å²) >= 11 is 0. The largest absolute Gasteiger partial charge is 0.479 e. The highest BCUT2D eigenvalue weighted by atomic mass is 19.4. The number of carboxylic acid groups (broad SMARTS) is 1. The van der Waals surface area contributed by atoms with Gasteiger partial charge in [-0.05, 0) is 22.3 Å². The van der Waals surface area contributed by atoms with Crippen LogP contribution in [0.5, 0.6) is 0 Å². The zero-order valence-corrected chi connectivity index (χ0v) is 18.2. The Morgan fingerprint density at radius 1 is 1.09 bits per heavy atom. The van der Waals surface area contributed by atoms with Crippen molar-refractivity contribution in [2.75, 3.05) is 11.9 Å². The van der Waals surface area contributed by atoms with Crippen molar-refractivity contribution in [3.8, 4) is 11.1 Å². The van der Waals surface area contributed by atoms with Crippen LogP contribution < -0.4 is 10.6 Å². The second-order valence-corrected chi connectivity index (χ2v) is 7.80. The van der Waals surface area contributed by atoms with E-state index in [4.69, 9.17) is 9.84 Å². The highest BCUT2D eigenvalue weighted by molar-refractivity contribution is 6.03. The zero-order chi connectivity index (χ0) is 25.3. The summed E-state index contributed by atoms with van der Waals surface area (Å²) in [6.07, 6.45) is -5.15. The van der Waals surface area contributed by atoms with Gasteiger partial charge in [0.1, 0.15) is 12.2 Å². The van der Waals surface area contributed by atoms with Gasteiger partial charge in [0.15, 0.2) is 5.82 Å². The van der Waals surface area contributed by atoms with Crippen LogP contribution in [0, 0.1) is 0 Å². The van der Waals surface area contributed by atoms with E-state index in [0.29, 0.717) is 0 Å². The van der Waals surface area contributed by atoms with Crippen LogP contribution in [0.4, 0.5) is 23.8 Å². The summed E-state index contributed by atoms with van der Waals surface area (Å²) < 4.78 is 45.2. The van der Waals surface area contributed by atoms with Crippen LogP contribution in [-0.2, 0) is 16.6 Å². The molecule has 0 saturated heterocycles. The van der Waals surface area contributed by atoms with Crippen LogP contribution in [0.15, 0.2) is 54.7 Å². The van der Waals surface area contributed by atoms with Crippen molar-refractivity contribution in [1.29, 1.82) is 0 Å². The van der Waals surface area contributed by atoms with Crippen molar-refractivity contribution in [3.63, 3.8) is 0 Å². The molecule has 4 rings (SSSR count). The topological polar surface area (TPSA) is 123 Å². The number of nitrogens with zero attached hydrogens (tertiary/aromatic N) is 2. The summed E-state index contributed by atoms with van der Waals surface area (Å²) in [5, 5.41) is 16.3. The molecule has 9 nitrogen and oxygen atoms in total. The lowest BCUT2D eigenvalue weighted by atomic mass is 9.98. The van der Waals surface area contributed by atoms with Gasteiger partial charge in [-0.1, -0.05) is 48.5 Å². The van der Waals surface area contributed by atoms with E-state index < -0.39 is 35.8 Å². The van der Waals surface area contributed by atoms with Crippen LogP contribution >= 0.6 is 0 Å². The molecule has 2 aromatic carbocycles. The number of ether oxygens (including phenoxy) is 1. The average molecular weight is 488 g/mol. The Morgan fingerprint density at radius 2 is 1.66 bits per heavy atom. The minimum Gasteiger partial charge on any atom is -0.479 e. The molecule has 1 aromatic heterocycles. The third kappa shape index (κ3) is 4.81. The Balaban J connectivity index is 1.46. The average Bonchev–Trinajstić information content (AvgIpc) is 3.32. The van der Waals surface area contributed by atoms with Crippen LogP contribution in [-0.4, -0.2) is 51.7 Å². The molecule has 3 aromatic rings. The number of halogens is 3. The number of fused-ring (bicyclic) bond motifs is 3. The first-order valence-electron chi connectivity index (χ1n) is 10.3. The number of hydrogen-bond donors (Lipinski definition) is 3. The Hall–Kier alpha value is -4.35. The molecule has 0 saturated carbocycles. The SMILES string of the molecule is Cn1cc(C(=O)NC(C(=O)O)C(F)(F)F)c(NC(=O)OCC2c3ccccc3-c3ccccc32)n1. The van der Waals surface area contributed by atoms with E-state index in [1.807, 2.05) is 48.5 Å². The predicted octanol–water partition coefficient (Wildman–Crippen LogP) is 3.53. The quantitative estimate of drug-likeness (QED) is 0.488. The van der Waals surface area contributed by atoms with Gasteiger partial charge in [0.2, 0.25) is 6.04 Å². The number of aliphatic carboxylic acids is 1. The summed E-state index contributed by atoms with van der Waals surface area (Å²) in [6.45, 7) is -0.0383. The van der Waals surface area contributed by atoms with Crippen molar-refractivity contribution in [3.05, 3.63) is 71.4 Å². The Kier molecular flexibility index (Phi) is 6.20. The number of carbonyl (C=O) groups is 3. The third-order valence-electron chi connectivity index (χ3n) is 5.49. The first-order valence-corrected chi connectivity index (χ1v) is 10.3. The lowest BCUT2D eigenvalue weighted by Crippen LogP contribution is -2.50. The molecule has 0 aliphatic heterocycles. The van der Waals surface area contributed by atoms with Gasteiger partial charge >= 0.3 is 18.2 Å². The van der Waals surface area contributed by atoms with E-state index in [0.717, 1.165) is 33.1 Å². The molecule has 1 aliphatic rings. The van der Waals surface area contributed by atoms with Gasteiger partial charge in [-0.15, -0.1) is 0 Å². The number of benzene rings is 2. The molecule has 1 heterocycles. The van der Waals surface area contributed by atoms with E-state index in [-0.39, 0.29) is 18.3 Å². The molecule has 0 spiro atoms. The fourth-order valence-corrected chi connectivity index (χ4v) is 3.97. The molecule has 1 unspecified atom stereocenters. The standard InChI is InChI=1S/C23H19F3N4O5/c1-30-10-16(20(31)27-18(21(32)33)23(24,25)26)19(29-30)28-22(34)35-11-17-14-8-4-2-6-12(14)13-7-3-5-9-15(13)17/h2-10,17-18H,11H2,1H3,(H,27,31)(H,32,33)(H,28,29,34). The number of alkyl halides is 3. The number of aromatic nitrogens is 2. The lowest BCUT2D eigenvalue weighted by Gasteiger charge is -2.17. The number of nitrogens with one attached hydrogen (secondary N) is 2. The van der Waals surface area contributed by atoms with E-state index >= 15 is 0 Å². The maximum atomic E-state index is 12.9. The zero-order valence-electron chi connectivity index (χ0n) is 18.2. The lowest BCUT2D eigenvalue weighted by molar-refractivity contribution is -0.178. The highest BCUT2D eigenvalue weighted by Gasteiger charge is 2.46.